The molecule has 0 saturated carbocycles. The van der Waals surface area contributed by atoms with E-state index in [4.69, 9.17) is 9.47 Å². The lowest BCUT2D eigenvalue weighted by molar-refractivity contribution is -0.220. The molecule has 9 heteroatoms. The smallest absolute Gasteiger partial charge is 0.181 e. The van der Waals surface area contributed by atoms with E-state index in [2.05, 4.69) is 0 Å². The van der Waals surface area contributed by atoms with Crippen LogP contribution in [0, 0.1) is 0 Å². The first-order chi connectivity index (χ1) is 9.85. The Labute approximate surface area is 126 Å². The first-order valence-electron chi connectivity index (χ1n) is 6.82. The quantitative estimate of drug-likeness (QED) is 0.329. The third-order valence-electron chi connectivity index (χ3n) is 3.83. The van der Waals surface area contributed by atoms with Gasteiger partial charge in [-0.25, -0.2) is 0 Å². The molecule has 0 aromatic rings. The Morgan fingerprint density at radius 2 is 1.67 bits per heavy atom. The molecule has 0 aromatic heterocycles. The number of rotatable bonds is 3. The molecule has 0 bridgehead atoms. The van der Waals surface area contributed by atoms with Crippen molar-refractivity contribution in [2.45, 2.75) is 66.9 Å². The minimum Gasteiger partial charge on any atom is -0.394 e. The van der Waals surface area contributed by atoms with Crippen LogP contribution in [0.5, 0.6) is 0 Å². The lowest BCUT2D eigenvalue weighted by Gasteiger charge is -2.42. The van der Waals surface area contributed by atoms with Crippen LogP contribution < -0.4 is 0 Å². The van der Waals surface area contributed by atoms with Crippen LogP contribution in [0.1, 0.15) is 13.3 Å². The maximum absolute atomic E-state index is 9.96. The minimum atomic E-state index is -1.36. The van der Waals surface area contributed by atoms with Gasteiger partial charge in [-0.2, -0.15) is 0 Å². The summed E-state index contributed by atoms with van der Waals surface area (Å²) in [6, 6.07) is 0. The van der Waals surface area contributed by atoms with Gasteiger partial charge in [-0.15, -0.1) is 11.8 Å². The van der Waals surface area contributed by atoms with Gasteiger partial charge in [-0.05, 0) is 13.3 Å². The summed E-state index contributed by atoms with van der Waals surface area (Å²) >= 11 is 1.10. The van der Waals surface area contributed by atoms with E-state index in [1.165, 1.54) is 0 Å². The van der Waals surface area contributed by atoms with Crippen LogP contribution in [0.3, 0.4) is 0 Å². The van der Waals surface area contributed by atoms with Crippen molar-refractivity contribution < 1.29 is 40.1 Å². The number of aliphatic hydroxyl groups excluding tert-OH is 6. The predicted molar refractivity (Wildman–Crippen MR) is 72.3 cm³/mol. The van der Waals surface area contributed by atoms with E-state index in [0.29, 0.717) is 0 Å². The van der Waals surface area contributed by atoms with Crippen LogP contribution in [0.4, 0.5) is 0 Å². The topological polar surface area (TPSA) is 140 Å². The standard InChI is InChI=1S/C12H22O8S/c1-4-8(15)9(16)10(17)12(19-4)21-7-2-5(14)11(18)20-6(7)3-13/h4-18H,2-3H2,1H3/t4-,5+,6+,7?,8+,9+,10-,11?,12-/m0/s1. The molecule has 0 aromatic carbocycles. The Morgan fingerprint density at radius 3 is 2.29 bits per heavy atom. The maximum Gasteiger partial charge on any atom is 0.181 e. The zero-order valence-corrected chi connectivity index (χ0v) is 12.3. The van der Waals surface area contributed by atoms with Crippen molar-refractivity contribution in [2.75, 3.05) is 6.61 Å². The number of ether oxygens (including phenoxy) is 2. The van der Waals surface area contributed by atoms with Crippen LogP contribution in [-0.4, -0.2) is 90.8 Å². The molecule has 0 radical (unpaired) electrons. The molecule has 6 N–H and O–H groups in total. The van der Waals surface area contributed by atoms with Gasteiger partial charge in [-0.1, -0.05) is 0 Å². The van der Waals surface area contributed by atoms with Crippen molar-refractivity contribution in [3.63, 3.8) is 0 Å². The lowest BCUT2D eigenvalue weighted by Crippen LogP contribution is -2.57. The van der Waals surface area contributed by atoms with E-state index in [1.54, 1.807) is 6.92 Å². The fourth-order valence-electron chi connectivity index (χ4n) is 2.47. The third kappa shape index (κ3) is 3.69. The van der Waals surface area contributed by atoms with E-state index in [0.717, 1.165) is 11.8 Å². The molecule has 8 nitrogen and oxygen atoms in total. The minimum absolute atomic E-state index is 0.149. The molecule has 2 unspecified atom stereocenters. The van der Waals surface area contributed by atoms with Gasteiger partial charge in [-0.3, -0.25) is 0 Å². The summed E-state index contributed by atoms with van der Waals surface area (Å²) in [6.45, 7) is 1.22. The molecular formula is C12H22O8S. The predicted octanol–water partition coefficient (Wildman–Crippen LogP) is -2.62. The third-order valence-corrected chi connectivity index (χ3v) is 5.33. The van der Waals surface area contributed by atoms with Crippen molar-refractivity contribution >= 4 is 11.8 Å². The van der Waals surface area contributed by atoms with Gasteiger partial charge in [0.2, 0.25) is 0 Å². The lowest BCUT2D eigenvalue weighted by atomic mass is 10.0. The zero-order valence-electron chi connectivity index (χ0n) is 11.5. The molecule has 0 amide bonds. The van der Waals surface area contributed by atoms with Gasteiger partial charge >= 0.3 is 0 Å². The van der Waals surface area contributed by atoms with Crippen LogP contribution >= 0.6 is 11.8 Å². The SMILES string of the molecule is C[C@@H]1O[C@@H](SC2C[C@@H](O)C(O)O[C@@H]2CO)[C@@H](O)[C@H](O)[C@@H]1O. The van der Waals surface area contributed by atoms with Crippen molar-refractivity contribution in [3.05, 3.63) is 0 Å². The average Bonchev–Trinajstić information content (AvgIpc) is 2.46. The highest BCUT2D eigenvalue weighted by molar-refractivity contribution is 8.00. The Hall–Kier alpha value is 0.0300. The first kappa shape index (κ1) is 17.4. The van der Waals surface area contributed by atoms with Crippen molar-refractivity contribution in [1.29, 1.82) is 0 Å². The van der Waals surface area contributed by atoms with E-state index in [9.17, 15) is 30.6 Å². The van der Waals surface area contributed by atoms with Crippen molar-refractivity contribution in [2.24, 2.45) is 0 Å². The van der Waals surface area contributed by atoms with Crippen LogP contribution in [-0.2, 0) is 9.47 Å². The van der Waals surface area contributed by atoms with Gasteiger partial charge in [0.25, 0.3) is 0 Å². The molecule has 2 rings (SSSR count). The summed E-state index contributed by atoms with van der Waals surface area (Å²) in [7, 11) is 0. The largest absolute Gasteiger partial charge is 0.394 e. The Morgan fingerprint density at radius 1 is 1.00 bits per heavy atom. The van der Waals surface area contributed by atoms with E-state index in [1.807, 2.05) is 0 Å². The second-order valence-electron chi connectivity index (χ2n) is 5.41. The molecule has 2 heterocycles. The molecule has 2 aliphatic rings. The highest BCUT2D eigenvalue weighted by Crippen LogP contribution is 2.36. The number of thioether (sulfide) groups is 1. The van der Waals surface area contributed by atoms with Gasteiger partial charge in [0.15, 0.2) is 6.29 Å². The van der Waals surface area contributed by atoms with Crippen LogP contribution in [0.2, 0.25) is 0 Å². The summed E-state index contributed by atoms with van der Waals surface area (Å²) in [5.74, 6) is 0. The molecule has 2 saturated heterocycles. The maximum atomic E-state index is 9.96. The fraction of sp³-hybridized carbons (Fsp3) is 1.00. The second-order valence-corrected chi connectivity index (χ2v) is 6.75. The molecular weight excluding hydrogens is 304 g/mol. The summed E-state index contributed by atoms with van der Waals surface area (Å²) in [6.07, 6.45) is -7.50. The van der Waals surface area contributed by atoms with Gasteiger partial charge in [0.05, 0.1) is 18.8 Å². The van der Waals surface area contributed by atoms with Gasteiger partial charge in [0, 0.05) is 5.25 Å². The van der Waals surface area contributed by atoms with Crippen LogP contribution in [0.15, 0.2) is 0 Å². The second kappa shape index (κ2) is 7.07. The Balaban J connectivity index is 2.02. The van der Waals surface area contributed by atoms with Gasteiger partial charge < -0.3 is 40.1 Å². The number of hydrogen-bond acceptors (Lipinski definition) is 9. The molecule has 124 valence electrons. The summed E-state index contributed by atoms with van der Waals surface area (Å²) in [4.78, 5) is 0. The fourth-order valence-corrected chi connectivity index (χ4v) is 4.01. The Bertz CT molecular complexity index is 339. The monoisotopic (exact) mass is 326 g/mol. The average molecular weight is 326 g/mol. The van der Waals surface area contributed by atoms with E-state index >= 15 is 0 Å². The summed E-state index contributed by atoms with van der Waals surface area (Å²) in [5.41, 5.74) is -0.830. The Kier molecular flexibility index (Phi) is 5.85. The number of hydrogen-bond donors (Lipinski definition) is 6. The molecule has 21 heavy (non-hydrogen) atoms. The first-order valence-corrected chi connectivity index (χ1v) is 7.77. The normalized spacial score (nSPS) is 51.9. The molecule has 0 spiro atoms. The molecule has 9 atom stereocenters. The number of aliphatic hydroxyl groups is 6. The zero-order chi connectivity index (χ0) is 15.7. The van der Waals surface area contributed by atoms with Crippen molar-refractivity contribution in [1.82, 2.24) is 0 Å². The molecule has 2 fully saturated rings. The highest BCUT2D eigenvalue weighted by atomic mass is 32.2. The molecule has 2 aliphatic heterocycles. The highest BCUT2D eigenvalue weighted by Gasteiger charge is 2.45. The van der Waals surface area contributed by atoms with E-state index in [-0.39, 0.29) is 13.0 Å². The van der Waals surface area contributed by atoms with Crippen LogP contribution in [0.25, 0.3) is 0 Å². The summed E-state index contributed by atoms with van der Waals surface area (Å²) < 4.78 is 10.6. The van der Waals surface area contributed by atoms with Gasteiger partial charge in [0.1, 0.15) is 29.9 Å². The van der Waals surface area contributed by atoms with E-state index < -0.39 is 53.6 Å². The van der Waals surface area contributed by atoms with Crippen molar-refractivity contribution in [3.8, 4) is 0 Å². The molecule has 0 aliphatic carbocycles. The summed E-state index contributed by atoms with van der Waals surface area (Å²) in [5, 5.41) is 57.3.